The quantitative estimate of drug-likeness (QED) is 0.755. The molecule has 0 bridgehead atoms. The van der Waals surface area contributed by atoms with Crippen LogP contribution >= 0.6 is 15.9 Å². The number of hydrogen-bond acceptors (Lipinski definition) is 1. The van der Waals surface area contributed by atoms with Gasteiger partial charge in [0.05, 0.1) is 6.61 Å². The molecule has 0 N–H and O–H groups in total. The fraction of sp³-hybridized carbons (Fsp3) is 0.200. The average Bonchev–Trinajstić information content (AvgIpc) is 2.39. The summed E-state index contributed by atoms with van der Waals surface area (Å²) in [5.41, 5.74) is 2.64. The Kier molecular flexibility index (Phi) is 4.63. The number of rotatable bonds is 5. The van der Waals surface area contributed by atoms with E-state index in [9.17, 15) is 0 Å². The Balaban J connectivity index is 1.98. The Bertz CT molecular complexity index is 436. The lowest BCUT2D eigenvalue weighted by Crippen LogP contribution is -1.97. The number of hydrogen-bond donors (Lipinski definition) is 0. The first-order chi connectivity index (χ1) is 8.38. The third-order valence-electron chi connectivity index (χ3n) is 2.52. The first kappa shape index (κ1) is 12.2. The molecule has 88 valence electrons. The van der Waals surface area contributed by atoms with Crippen molar-refractivity contribution in [3.05, 3.63) is 65.7 Å². The van der Waals surface area contributed by atoms with E-state index in [0.717, 1.165) is 17.5 Å². The molecule has 0 aliphatic heterocycles. The van der Waals surface area contributed by atoms with Crippen molar-refractivity contribution >= 4 is 15.9 Å². The van der Waals surface area contributed by atoms with Gasteiger partial charge in [-0.25, -0.2) is 0 Å². The number of benzene rings is 2. The fourth-order valence-corrected chi connectivity index (χ4v) is 1.85. The van der Waals surface area contributed by atoms with E-state index in [-0.39, 0.29) is 0 Å². The molecule has 2 aromatic rings. The molecule has 0 heterocycles. The molecule has 0 aromatic heterocycles. The van der Waals surface area contributed by atoms with Crippen LogP contribution in [-0.2, 0) is 6.42 Å². The zero-order valence-corrected chi connectivity index (χ0v) is 11.2. The third kappa shape index (κ3) is 3.90. The lowest BCUT2D eigenvalue weighted by Gasteiger charge is -2.05. The third-order valence-corrected chi connectivity index (χ3v) is 2.84. The second kappa shape index (κ2) is 6.45. The van der Waals surface area contributed by atoms with E-state index in [1.54, 1.807) is 0 Å². The molecule has 1 nitrogen and oxygen atoms in total. The van der Waals surface area contributed by atoms with Crippen LogP contribution in [0.4, 0.5) is 0 Å². The normalized spacial score (nSPS) is 10.2. The van der Waals surface area contributed by atoms with Gasteiger partial charge in [0.15, 0.2) is 0 Å². The molecular formula is C15H15BrO. The van der Waals surface area contributed by atoms with Crippen LogP contribution in [0.1, 0.15) is 11.1 Å². The van der Waals surface area contributed by atoms with Gasteiger partial charge in [0.25, 0.3) is 0 Å². The van der Waals surface area contributed by atoms with Crippen LogP contribution < -0.4 is 4.74 Å². The number of ether oxygens (including phenoxy) is 1. The second-order valence-electron chi connectivity index (χ2n) is 3.84. The predicted molar refractivity (Wildman–Crippen MR) is 75.0 cm³/mol. The smallest absolute Gasteiger partial charge is 0.119 e. The zero-order valence-electron chi connectivity index (χ0n) is 9.60. The van der Waals surface area contributed by atoms with Gasteiger partial charge in [0, 0.05) is 5.33 Å². The molecule has 0 atom stereocenters. The van der Waals surface area contributed by atoms with Gasteiger partial charge < -0.3 is 4.74 Å². The van der Waals surface area contributed by atoms with E-state index in [0.29, 0.717) is 6.61 Å². The Morgan fingerprint density at radius 3 is 2.12 bits per heavy atom. The van der Waals surface area contributed by atoms with Crippen LogP contribution in [0.2, 0.25) is 0 Å². The van der Waals surface area contributed by atoms with Crippen LogP contribution in [0.15, 0.2) is 54.6 Å². The molecule has 0 aliphatic rings. The molecule has 2 heteroatoms. The molecule has 0 fully saturated rings. The summed E-state index contributed by atoms with van der Waals surface area (Å²) in [5.74, 6) is 0.932. The Hall–Kier alpha value is -1.28. The van der Waals surface area contributed by atoms with E-state index in [1.165, 1.54) is 11.1 Å². The SMILES string of the molecule is BrCCOc1ccc(Cc2ccccc2)cc1. The highest BCUT2D eigenvalue weighted by atomic mass is 79.9. The Labute approximate surface area is 111 Å². The van der Waals surface area contributed by atoms with Gasteiger partial charge >= 0.3 is 0 Å². The predicted octanol–water partition coefficient (Wildman–Crippen LogP) is 4.05. The number of alkyl halides is 1. The van der Waals surface area contributed by atoms with Crippen molar-refractivity contribution in [2.75, 3.05) is 11.9 Å². The summed E-state index contributed by atoms with van der Waals surface area (Å²) in [7, 11) is 0. The van der Waals surface area contributed by atoms with Gasteiger partial charge in [0.1, 0.15) is 5.75 Å². The fourth-order valence-electron chi connectivity index (χ4n) is 1.69. The highest BCUT2D eigenvalue weighted by Crippen LogP contribution is 2.15. The highest BCUT2D eigenvalue weighted by molar-refractivity contribution is 9.09. The highest BCUT2D eigenvalue weighted by Gasteiger charge is 1.97. The maximum Gasteiger partial charge on any atom is 0.119 e. The first-order valence-corrected chi connectivity index (χ1v) is 6.82. The van der Waals surface area contributed by atoms with Crippen LogP contribution in [0, 0.1) is 0 Å². The monoisotopic (exact) mass is 290 g/mol. The molecule has 0 aliphatic carbocycles. The molecule has 0 amide bonds. The largest absolute Gasteiger partial charge is 0.493 e. The summed E-state index contributed by atoms with van der Waals surface area (Å²) in [4.78, 5) is 0. The summed E-state index contributed by atoms with van der Waals surface area (Å²) in [5, 5.41) is 0.860. The van der Waals surface area contributed by atoms with Crippen molar-refractivity contribution < 1.29 is 4.74 Å². The van der Waals surface area contributed by atoms with Crippen molar-refractivity contribution in [3.8, 4) is 5.75 Å². The van der Waals surface area contributed by atoms with E-state index >= 15 is 0 Å². The van der Waals surface area contributed by atoms with E-state index in [1.807, 2.05) is 18.2 Å². The molecule has 0 unspecified atom stereocenters. The Morgan fingerprint density at radius 2 is 1.47 bits per heavy atom. The summed E-state index contributed by atoms with van der Waals surface area (Å²) >= 11 is 3.34. The lowest BCUT2D eigenvalue weighted by atomic mass is 10.1. The molecule has 0 saturated heterocycles. The standard InChI is InChI=1S/C15H15BrO/c16-10-11-17-15-8-6-14(7-9-15)12-13-4-2-1-3-5-13/h1-9H,10-12H2. The summed E-state index contributed by atoms with van der Waals surface area (Å²) in [6.07, 6.45) is 0.972. The summed E-state index contributed by atoms with van der Waals surface area (Å²) in [6, 6.07) is 18.8. The van der Waals surface area contributed by atoms with Crippen molar-refractivity contribution in [1.82, 2.24) is 0 Å². The van der Waals surface area contributed by atoms with E-state index in [4.69, 9.17) is 4.74 Å². The molecule has 0 spiro atoms. The second-order valence-corrected chi connectivity index (χ2v) is 4.64. The Morgan fingerprint density at radius 1 is 0.824 bits per heavy atom. The minimum absolute atomic E-state index is 0.706. The first-order valence-electron chi connectivity index (χ1n) is 5.70. The molecular weight excluding hydrogens is 276 g/mol. The molecule has 2 aromatic carbocycles. The number of halogens is 1. The van der Waals surface area contributed by atoms with Gasteiger partial charge in [0.2, 0.25) is 0 Å². The van der Waals surface area contributed by atoms with E-state index < -0.39 is 0 Å². The molecule has 0 radical (unpaired) electrons. The van der Waals surface area contributed by atoms with Gasteiger partial charge in [-0.2, -0.15) is 0 Å². The minimum atomic E-state index is 0.706. The molecule has 2 rings (SSSR count). The minimum Gasteiger partial charge on any atom is -0.493 e. The van der Waals surface area contributed by atoms with Crippen molar-refractivity contribution in [1.29, 1.82) is 0 Å². The van der Waals surface area contributed by atoms with Gasteiger partial charge in [-0.15, -0.1) is 0 Å². The van der Waals surface area contributed by atoms with Crippen molar-refractivity contribution in [2.45, 2.75) is 6.42 Å². The molecule has 17 heavy (non-hydrogen) atoms. The van der Waals surface area contributed by atoms with E-state index in [2.05, 4.69) is 52.3 Å². The lowest BCUT2D eigenvalue weighted by molar-refractivity contribution is 0.345. The topological polar surface area (TPSA) is 9.23 Å². The maximum absolute atomic E-state index is 5.51. The van der Waals surface area contributed by atoms with Crippen LogP contribution in [0.5, 0.6) is 5.75 Å². The van der Waals surface area contributed by atoms with Crippen LogP contribution in [0.25, 0.3) is 0 Å². The zero-order chi connectivity index (χ0) is 11.9. The van der Waals surface area contributed by atoms with Gasteiger partial charge in [-0.1, -0.05) is 58.4 Å². The van der Waals surface area contributed by atoms with Gasteiger partial charge in [-0.3, -0.25) is 0 Å². The van der Waals surface area contributed by atoms with Crippen molar-refractivity contribution in [3.63, 3.8) is 0 Å². The molecule has 0 saturated carbocycles. The van der Waals surface area contributed by atoms with Crippen LogP contribution in [0.3, 0.4) is 0 Å². The van der Waals surface area contributed by atoms with Crippen molar-refractivity contribution in [2.24, 2.45) is 0 Å². The van der Waals surface area contributed by atoms with Gasteiger partial charge in [-0.05, 0) is 29.7 Å². The summed E-state index contributed by atoms with van der Waals surface area (Å²) < 4.78 is 5.51. The summed E-state index contributed by atoms with van der Waals surface area (Å²) in [6.45, 7) is 0.706. The van der Waals surface area contributed by atoms with Crippen LogP contribution in [-0.4, -0.2) is 11.9 Å². The maximum atomic E-state index is 5.51. The average molecular weight is 291 g/mol.